The minimum Gasteiger partial charge on any atom is -0.394 e. The van der Waals surface area contributed by atoms with Gasteiger partial charge in [0.1, 0.15) is 0 Å². The first kappa shape index (κ1) is 11.7. The predicted molar refractivity (Wildman–Crippen MR) is 59.8 cm³/mol. The molecule has 0 aliphatic carbocycles. The number of amides is 1. The number of benzene rings is 1. The van der Waals surface area contributed by atoms with Gasteiger partial charge in [0.05, 0.1) is 12.6 Å². The Balaban J connectivity index is 2.80. The molecule has 0 heterocycles. The van der Waals surface area contributed by atoms with E-state index in [2.05, 4.69) is 0 Å². The van der Waals surface area contributed by atoms with Crippen LogP contribution >= 0.6 is 0 Å². The molecule has 0 saturated carbocycles. The maximum Gasteiger partial charge on any atom is 0.253 e. The first-order valence-corrected chi connectivity index (χ1v) is 5.01. The van der Waals surface area contributed by atoms with E-state index in [0.717, 1.165) is 5.56 Å². The standard InChI is InChI=1S/C12H17NO2/c1-9-4-6-11(7-5-9)12(15)13(3)10(2)8-14/h4-7,10,14H,8H2,1-3H3. The van der Waals surface area contributed by atoms with Gasteiger partial charge in [0.25, 0.3) is 5.91 Å². The van der Waals surface area contributed by atoms with E-state index in [1.54, 1.807) is 24.1 Å². The number of likely N-dealkylation sites (N-methyl/N-ethyl adjacent to an activating group) is 1. The molecule has 0 aliphatic heterocycles. The molecule has 0 saturated heterocycles. The number of nitrogens with zero attached hydrogens (tertiary/aromatic N) is 1. The van der Waals surface area contributed by atoms with Crippen LogP contribution in [0.1, 0.15) is 22.8 Å². The average Bonchev–Trinajstić information content (AvgIpc) is 2.27. The molecule has 1 rings (SSSR count). The van der Waals surface area contributed by atoms with Crippen LogP contribution in [0.4, 0.5) is 0 Å². The number of hydrogen-bond donors (Lipinski definition) is 1. The molecule has 0 fully saturated rings. The molecule has 0 aromatic heterocycles. The van der Waals surface area contributed by atoms with Crippen molar-refractivity contribution in [2.45, 2.75) is 19.9 Å². The second-order valence-corrected chi connectivity index (χ2v) is 3.81. The zero-order chi connectivity index (χ0) is 11.4. The molecule has 0 aliphatic rings. The normalized spacial score (nSPS) is 12.3. The van der Waals surface area contributed by atoms with E-state index >= 15 is 0 Å². The molecule has 3 nitrogen and oxygen atoms in total. The quantitative estimate of drug-likeness (QED) is 0.815. The van der Waals surface area contributed by atoms with E-state index in [1.165, 1.54) is 0 Å². The molecular weight excluding hydrogens is 190 g/mol. The number of rotatable bonds is 3. The third-order valence-electron chi connectivity index (χ3n) is 2.54. The zero-order valence-electron chi connectivity index (χ0n) is 9.40. The van der Waals surface area contributed by atoms with Crippen molar-refractivity contribution in [3.05, 3.63) is 35.4 Å². The van der Waals surface area contributed by atoms with Crippen LogP contribution in [0.25, 0.3) is 0 Å². The summed E-state index contributed by atoms with van der Waals surface area (Å²) in [6.07, 6.45) is 0. The van der Waals surface area contributed by atoms with Gasteiger partial charge in [-0.2, -0.15) is 0 Å². The zero-order valence-corrected chi connectivity index (χ0v) is 9.40. The van der Waals surface area contributed by atoms with Gasteiger partial charge in [0.2, 0.25) is 0 Å². The van der Waals surface area contributed by atoms with E-state index in [1.807, 2.05) is 26.0 Å². The highest BCUT2D eigenvalue weighted by Gasteiger charge is 2.16. The second kappa shape index (κ2) is 4.94. The van der Waals surface area contributed by atoms with E-state index in [9.17, 15) is 4.79 Å². The van der Waals surface area contributed by atoms with Gasteiger partial charge < -0.3 is 10.0 Å². The van der Waals surface area contributed by atoms with Gasteiger partial charge in [-0.1, -0.05) is 17.7 Å². The largest absolute Gasteiger partial charge is 0.394 e. The maximum absolute atomic E-state index is 11.9. The van der Waals surface area contributed by atoms with Crippen molar-refractivity contribution < 1.29 is 9.90 Å². The summed E-state index contributed by atoms with van der Waals surface area (Å²) in [6.45, 7) is 3.77. The van der Waals surface area contributed by atoms with Crippen molar-refractivity contribution in [3.63, 3.8) is 0 Å². The topological polar surface area (TPSA) is 40.5 Å². The lowest BCUT2D eigenvalue weighted by Crippen LogP contribution is -2.37. The Hall–Kier alpha value is -1.35. The van der Waals surface area contributed by atoms with Gasteiger partial charge in [-0.05, 0) is 26.0 Å². The van der Waals surface area contributed by atoms with Gasteiger partial charge in [0.15, 0.2) is 0 Å². The lowest BCUT2D eigenvalue weighted by Gasteiger charge is -2.23. The third kappa shape index (κ3) is 2.80. The molecule has 0 bridgehead atoms. The van der Waals surface area contributed by atoms with Crippen LogP contribution in [0.2, 0.25) is 0 Å². The summed E-state index contributed by atoms with van der Waals surface area (Å²) in [5.41, 5.74) is 1.79. The van der Waals surface area contributed by atoms with E-state index in [-0.39, 0.29) is 18.6 Å². The summed E-state index contributed by atoms with van der Waals surface area (Å²) in [7, 11) is 1.70. The monoisotopic (exact) mass is 207 g/mol. The third-order valence-corrected chi connectivity index (χ3v) is 2.54. The van der Waals surface area contributed by atoms with Crippen LogP contribution < -0.4 is 0 Å². The highest BCUT2D eigenvalue weighted by molar-refractivity contribution is 5.94. The number of aliphatic hydroxyl groups is 1. The Morgan fingerprint density at radius 3 is 2.40 bits per heavy atom. The lowest BCUT2D eigenvalue weighted by molar-refractivity contribution is 0.0682. The lowest BCUT2D eigenvalue weighted by atomic mass is 10.1. The Morgan fingerprint density at radius 1 is 1.40 bits per heavy atom. The smallest absolute Gasteiger partial charge is 0.253 e. The SMILES string of the molecule is Cc1ccc(C(=O)N(C)C(C)CO)cc1. The number of carbonyl (C=O) groups is 1. The van der Waals surface area contributed by atoms with Gasteiger partial charge in [-0.3, -0.25) is 4.79 Å². The molecule has 1 aromatic rings. The molecule has 15 heavy (non-hydrogen) atoms. The number of carbonyl (C=O) groups excluding carboxylic acids is 1. The summed E-state index contributed by atoms with van der Waals surface area (Å²) in [6, 6.07) is 7.27. The molecule has 1 atom stereocenters. The summed E-state index contributed by atoms with van der Waals surface area (Å²) in [4.78, 5) is 13.4. The van der Waals surface area contributed by atoms with Crippen LogP contribution in [0.5, 0.6) is 0 Å². The molecule has 1 N–H and O–H groups in total. The molecule has 0 spiro atoms. The van der Waals surface area contributed by atoms with Crippen molar-refractivity contribution in [3.8, 4) is 0 Å². The van der Waals surface area contributed by atoms with Gasteiger partial charge in [0, 0.05) is 12.6 Å². The number of aliphatic hydroxyl groups excluding tert-OH is 1. The average molecular weight is 207 g/mol. The van der Waals surface area contributed by atoms with E-state index < -0.39 is 0 Å². The summed E-state index contributed by atoms with van der Waals surface area (Å²) in [5.74, 6) is -0.0587. The van der Waals surface area contributed by atoms with Crippen molar-refractivity contribution >= 4 is 5.91 Å². The van der Waals surface area contributed by atoms with Crippen molar-refractivity contribution in [1.29, 1.82) is 0 Å². The van der Waals surface area contributed by atoms with Crippen LogP contribution in [0, 0.1) is 6.92 Å². The van der Waals surface area contributed by atoms with Crippen LogP contribution in [-0.2, 0) is 0 Å². The fraction of sp³-hybridized carbons (Fsp3) is 0.417. The van der Waals surface area contributed by atoms with Crippen LogP contribution in [0.15, 0.2) is 24.3 Å². The van der Waals surface area contributed by atoms with E-state index in [4.69, 9.17) is 5.11 Å². The molecule has 0 radical (unpaired) electrons. The predicted octanol–water partition coefficient (Wildman–Crippen LogP) is 1.45. The Bertz CT molecular complexity index is 332. The first-order chi connectivity index (χ1) is 7.06. The fourth-order valence-electron chi connectivity index (χ4n) is 1.22. The van der Waals surface area contributed by atoms with Crippen molar-refractivity contribution in [2.24, 2.45) is 0 Å². The fourth-order valence-corrected chi connectivity index (χ4v) is 1.22. The van der Waals surface area contributed by atoms with Crippen molar-refractivity contribution in [2.75, 3.05) is 13.7 Å². The minimum absolute atomic E-state index is 0.0197. The first-order valence-electron chi connectivity index (χ1n) is 5.01. The number of aryl methyl sites for hydroxylation is 1. The Labute approximate surface area is 90.3 Å². The molecule has 1 unspecified atom stereocenters. The minimum atomic E-state index is -0.154. The van der Waals surface area contributed by atoms with Crippen molar-refractivity contribution in [1.82, 2.24) is 4.90 Å². The van der Waals surface area contributed by atoms with Gasteiger partial charge >= 0.3 is 0 Å². The van der Waals surface area contributed by atoms with E-state index in [0.29, 0.717) is 5.56 Å². The molecule has 82 valence electrons. The number of hydrogen-bond acceptors (Lipinski definition) is 2. The molecular formula is C12H17NO2. The Morgan fingerprint density at radius 2 is 1.93 bits per heavy atom. The molecule has 3 heteroatoms. The van der Waals surface area contributed by atoms with Crippen LogP contribution in [-0.4, -0.2) is 35.6 Å². The second-order valence-electron chi connectivity index (χ2n) is 3.81. The van der Waals surface area contributed by atoms with Gasteiger partial charge in [-0.25, -0.2) is 0 Å². The Kier molecular flexibility index (Phi) is 3.86. The summed E-state index contributed by atoms with van der Waals surface area (Å²) >= 11 is 0. The molecule has 1 amide bonds. The maximum atomic E-state index is 11.9. The molecule has 1 aromatic carbocycles. The van der Waals surface area contributed by atoms with Crippen LogP contribution in [0.3, 0.4) is 0 Å². The summed E-state index contributed by atoms with van der Waals surface area (Å²) < 4.78 is 0. The highest BCUT2D eigenvalue weighted by atomic mass is 16.3. The van der Waals surface area contributed by atoms with Gasteiger partial charge in [-0.15, -0.1) is 0 Å². The highest BCUT2D eigenvalue weighted by Crippen LogP contribution is 2.08. The summed E-state index contributed by atoms with van der Waals surface area (Å²) in [5, 5.41) is 8.95.